The number of benzene rings is 1. The van der Waals surface area contributed by atoms with E-state index in [0.717, 1.165) is 5.56 Å². The molecule has 0 saturated carbocycles. The summed E-state index contributed by atoms with van der Waals surface area (Å²) in [4.78, 5) is 16.4. The average Bonchev–Trinajstić information content (AvgIpc) is 3.47. The average molecular weight is 606 g/mol. The van der Waals surface area contributed by atoms with Gasteiger partial charge < -0.3 is 29.9 Å². The summed E-state index contributed by atoms with van der Waals surface area (Å²) in [6, 6.07) is 9.32. The molecule has 4 rings (SSSR count). The van der Waals surface area contributed by atoms with Crippen molar-refractivity contribution in [1.82, 2.24) is 19.7 Å². The van der Waals surface area contributed by atoms with Crippen LogP contribution in [0.25, 0.3) is 5.52 Å². The number of carbonyl (C=O) groups excluding carboxylic acids is 1. The zero-order valence-corrected chi connectivity index (χ0v) is 25.6. The van der Waals surface area contributed by atoms with Gasteiger partial charge in [-0.25, -0.2) is 14.1 Å². The second-order valence-electron chi connectivity index (χ2n) is 11.5. The number of nitrogens with one attached hydrogen (secondary N) is 1. The summed E-state index contributed by atoms with van der Waals surface area (Å²) in [6.07, 6.45) is -2.06. The third kappa shape index (κ3) is 6.61. The molecule has 0 spiro atoms. The quantitative estimate of drug-likeness (QED) is 0.186. The van der Waals surface area contributed by atoms with E-state index in [-0.39, 0.29) is 23.6 Å². The molecule has 1 aliphatic rings. The molecule has 5 N–H and O–H groups in total. The van der Waals surface area contributed by atoms with Crippen LogP contribution in [0.1, 0.15) is 59.2 Å². The van der Waals surface area contributed by atoms with Crippen LogP contribution < -0.4 is 15.3 Å². The fraction of sp³-hybridized carbons (Fsp3) is 0.536. The Bertz CT molecular complexity index is 1440. The van der Waals surface area contributed by atoms with Crippen LogP contribution in [-0.2, 0) is 34.4 Å². The first-order chi connectivity index (χ1) is 19.7. The molecule has 230 valence electrons. The Kier molecular flexibility index (Phi) is 9.31. The molecular weight excluding hydrogens is 565 g/mol. The van der Waals surface area contributed by atoms with Crippen molar-refractivity contribution in [3.05, 3.63) is 54.0 Å². The van der Waals surface area contributed by atoms with Gasteiger partial charge in [-0.15, -0.1) is 0 Å². The Morgan fingerprint density at radius 1 is 1.24 bits per heavy atom. The maximum absolute atomic E-state index is 14.0. The number of nitrogens with two attached hydrogens (primary N) is 1. The van der Waals surface area contributed by atoms with Crippen LogP contribution in [0.2, 0.25) is 0 Å². The number of nitrogens with zero attached hydrogens (tertiary/aromatic N) is 3. The van der Waals surface area contributed by atoms with Gasteiger partial charge in [0, 0.05) is 0 Å². The number of ether oxygens (including phenoxy) is 2. The molecule has 1 aliphatic heterocycles. The van der Waals surface area contributed by atoms with Gasteiger partial charge in [0.2, 0.25) is 0 Å². The summed E-state index contributed by atoms with van der Waals surface area (Å²) < 4.78 is 38.3. The fourth-order valence-electron chi connectivity index (χ4n) is 4.69. The van der Waals surface area contributed by atoms with Crippen molar-refractivity contribution in [2.45, 2.75) is 83.3 Å². The largest absolute Gasteiger partial charge is 0.465 e. The molecule has 13 nitrogen and oxygen atoms in total. The third-order valence-corrected chi connectivity index (χ3v) is 8.81. The van der Waals surface area contributed by atoms with Crippen LogP contribution in [0.3, 0.4) is 0 Å². The fourth-order valence-corrected chi connectivity index (χ4v) is 6.19. The number of aromatic nitrogens is 3. The van der Waals surface area contributed by atoms with Gasteiger partial charge in [-0.1, -0.05) is 39.8 Å². The molecule has 1 unspecified atom stereocenters. The van der Waals surface area contributed by atoms with E-state index in [4.69, 9.17) is 24.3 Å². The lowest BCUT2D eigenvalue weighted by atomic mass is 9.87. The number of hydrogen-bond acceptors (Lipinski definition) is 11. The molecule has 42 heavy (non-hydrogen) atoms. The lowest BCUT2D eigenvalue weighted by Gasteiger charge is -2.27. The topological polar surface area (TPSA) is 180 Å². The standard InChI is InChI=1S/C28H40N5O8P/c1-7-14-38-26(36)17(2)32-42(37,41-19-10-8-18(9-11-19)27(3,4)5)39-15-21-23(34)24(35)28(6,40-21)22-13-12-20-25(29)30-16-31-33(20)22/h8-13,16-17,21,23-24,34-35H,7,14-15H2,1-6H3,(H,32,37)(H2,29,30,31)/t17-,21+,23+,24+,28-,42?/m0/s1. The van der Waals surface area contributed by atoms with Gasteiger partial charge in [-0.05, 0) is 55.5 Å². The lowest BCUT2D eigenvalue weighted by Crippen LogP contribution is -2.40. The second kappa shape index (κ2) is 12.3. The summed E-state index contributed by atoms with van der Waals surface area (Å²) >= 11 is 0. The van der Waals surface area contributed by atoms with Gasteiger partial charge in [0.15, 0.2) is 5.82 Å². The maximum Gasteiger partial charge on any atom is 0.459 e. The minimum Gasteiger partial charge on any atom is -0.465 e. The minimum atomic E-state index is -4.25. The first-order valence-electron chi connectivity index (χ1n) is 13.8. The Labute approximate surface area is 244 Å². The zero-order chi connectivity index (χ0) is 30.9. The van der Waals surface area contributed by atoms with E-state index in [0.29, 0.717) is 17.6 Å². The molecule has 0 amide bonds. The first kappa shape index (κ1) is 31.9. The number of carbonyl (C=O) groups is 1. The van der Waals surface area contributed by atoms with Crippen molar-refractivity contribution in [2.75, 3.05) is 18.9 Å². The van der Waals surface area contributed by atoms with Crippen molar-refractivity contribution in [1.29, 1.82) is 0 Å². The van der Waals surface area contributed by atoms with Crippen molar-refractivity contribution >= 4 is 25.1 Å². The number of nitrogen functional groups attached to an aromatic ring is 1. The van der Waals surface area contributed by atoms with E-state index in [1.807, 2.05) is 19.1 Å². The predicted molar refractivity (Wildman–Crippen MR) is 155 cm³/mol. The molecular formula is C28H40N5O8P. The number of hydrogen-bond donors (Lipinski definition) is 4. The van der Waals surface area contributed by atoms with E-state index in [1.54, 1.807) is 31.2 Å². The van der Waals surface area contributed by atoms with Crippen molar-refractivity contribution in [2.24, 2.45) is 0 Å². The number of esters is 1. The Morgan fingerprint density at radius 2 is 1.93 bits per heavy atom. The monoisotopic (exact) mass is 605 g/mol. The van der Waals surface area contributed by atoms with Crippen molar-refractivity contribution < 1.29 is 38.1 Å². The predicted octanol–water partition coefficient (Wildman–Crippen LogP) is 3.08. The second-order valence-corrected chi connectivity index (χ2v) is 13.2. The molecule has 1 fully saturated rings. The highest BCUT2D eigenvalue weighted by molar-refractivity contribution is 7.52. The highest BCUT2D eigenvalue weighted by Gasteiger charge is 2.54. The van der Waals surface area contributed by atoms with Crippen LogP contribution in [-0.4, -0.2) is 68.3 Å². The molecule has 0 aliphatic carbocycles. The summed E-state index contributed by atoms with van der Waals surface area (Å²) in [6.45, 7) is 10.9. The van der Waals surface area contributed by atoms with Gasteiger partial charge in [-0.2, -0.15) is 10.2 Å². The SMILES string of the molecule is CCCOC(=O)[C@H](C)NP(=O)(OC[C@H]1O[C@@](C)(c2ccc3c(N)ncnn23)[C@H](O)[C@@H]1O)Oc1ccc(C(C)(C)C)cc1. The number of anilines is 1. The summed E-state index contributed by atoms with van der Waals surface area (Å²) in [5, 5.41) is 28.8. The smallest absolute Gasteiger partial charge is 0.459 e. The number of rotatable bonds is 11. The van der Waals surface area contributed by atoms with Crippen molar-refractivity contribution in [3.8, 4) is 5.75 Å². The molecule has 1 saturated heterocycles. The van der Waals surface area contributed by atoms with E-state index >= 15 is 0 Å². The molecule has 2 aromatic heterocycles. The van der Waals surface area contributed by atoms with Gasteiger partial charge in [0.05, 0.1) is 18.9 Å². The Hall–Kier alpha value is -3.06. The van der Waals surface area contributed by atoms with E-state index < -0.39 is 50.3 Å². The first-order valence-corrected chi connectivity index (χ1v) is 15.3. The molecule has 0 radical (unpaired) electrons. The van der Waals surface area contributed by atoms with Gasteiger partial charge in [0.25, 0.3) is 0 Å². The highest BCUT2D eigenvalue weighted by Crippen LogP contribution is 2.47. The summed E-state index contributed by atoms with van der Waals surface area (Å²) in [5.74, 6) is -0.157. The molecule has 14 heteroatoms. The zero-order valence-electron chi connectivity index (χ0n) is 24.7. The highest BCUT2D eigenvalue weighted by atomic mass is 31.2. The van der Waals surface area contributed by atoms with Crippen molar-refractivity contribution in [3.63, 3.8) is 0 Å². The van der Waals surface area contributed by atoms with E-state index in [9.17, 15) is 19.6 Å². The summed E-state index contributed by atoms with van der Waals surface area (Å²) in [5.41, 5.74) is 6.37. The van der Waals surface area contributed by atoms with E-state index in [2.05, 4.69) is 35.9 Å². The lowest BCUT2D eigenvalue weighted by molar-refractivity contribution is -0.145. The molecule has 3 heterocycles. The van der Waals surface area contributed by atoms with Gasteiger partial charge in [0.1, 0.15) is 47.5 Å². The van der Waals surface area contributed by atoms with Crippen LogP contribution in [0.5, 0.6) is 5.75 Å². The summed E-state index contributed by atoms with van der Waals surface area (Å²) in [7, 11) is -4.25. The van der Waals surface area contributed by atoms with Crippen LogP contribution in [0, 0.1) is 0 Å². The number of aliphatic hydroxyl groups excluding tert-OH is 2. The number of aliphatic hydroxyl groups is 2. The molecule has 3 aromatic rings. The van der Waals surface area contributed by atoms with Gasteiger partial charge >= 0.3 is 13.7 Å². The third-order valence-electron chi connectivity index (χ3n) is 7.16. The molecule has 0 bridgehead atoms. The normalized spacial score (nSPS) is 24.8. The van der Waals surface area contributed by atoms with Crippen LogP contribution >= 0.6 is 7.75 Å². The molecule has 1 aromatic carbocycles. The van der Waals surface area contributed by atoms with Crippen LogP contribution in [0.15, 0.2) is 42.7 Å². The maximum atomic E-state index is 14.0. The van der Waals surface area contributed by atoms with E-state index in [1.165, 1.54) is 17.8 Å². The van der Waals surface area contributed by atoms with Crippen LogP contribution in [0.4, 0.5) is 5.82 Å². The molecule has 6 atom stereocenters. The Morgan fingerprint density at radius 3 is 2.57 bits per heavy atom. The minimum absolute atomic E-state index is 0.110. The number of fused-ring (bicyclic) bond motifs is 1. The Balaban J connectivity index is 1.55. The van der Waals surface area contributed by atoms with Gasteiger partial charge in [-0.3, -0.25) is 9.32 Å².